The van der Waals surface area contributed by atoms with Crippen molar-refractivity contribution in [3.63, 3.8) is 0 Å². The Morgan fingerprint density at radius 3 is 2.90 bits per heavy atom. The smallest absolute Gasteiger partial charge is 0.308 e. The van der Waals surface area contributed by atoms with E-state index in [2.05, 4.69) is 22.1 Å². The molecule has 1 unspecified atom stereocenters. The molecule has 0 bridgehead atoms. The first-order valence-electron chi connectivity index (χ1n) is 9.99. The van der Waals surface area contributed by atoms with Crippen molar-refractivity contribution in [3.8, 4) is 11.5 Å². The zero-order valence-corrected chi connectivity index (χ0v) is 18.3. The fourth-order valence-electron chi connectivity index (χ4n) is 3.38. The first-order valence-corrected chi connectivity index (χ1v) is 10.8. The Morgan fingerprint density at radius 2 is 2.17 bits per heavy atom. The van der Waals surface area contributed by atoms with Gasteiger partial charge < -0.3 is 9.47 Å². The van der Waals surface area contributed by atoms with Gasteiger partial charge in [0.2, 0.25) is 5.91 Å². The van der Waals surface area contributed by atoms with Crippen molar-refractivity contribution in [1.29, 1.82) is 0 Å². The van der Waals surface area contributed by atoms with Crippen LogP contribution in [0.5, 0.6) is 11.5 Å². The van der Waals surface area contributed by atoms with Gasteiger partial charge in [-0.3, -0.25) is 19.8 Å². The summed E-state index contributed by atoms with van der Waals surface area (Å²) in [6, 6.07) is 5.66. The monoisotopic (exact) mass is 429 g/mol. The summed E-state index contributed by atoms with van der Waals surface area (Å²) in [6.07, 6.45) is 8.72. The first kappa shape index (κ1) is 22.0. The summed E-state index contributed by atoms with van der Waals surface area (Å²) in [4.78, 5) is 31.3. The van der Waals surface area contributed by atoms with Crippen LogP contribution < -0.4 is 14.8 Å². The molecule has 1 N–H and O–H groups in total. The molecule has 1 aromatic heterocycles. The van der Waals surface area contributed by atoms with Crippen LogP contribution in [0.25, 0.3) is 6.08 Å². The Labute approximate surface area is 180 Å². The summed E-state index contributed by atoms with van der Waals surface area (Å²) in [5.41, 5.74) is 0.747. The van der Waals surface area contributed by atoms with Gasteiger partial charge in [-0.15, -0.1) is 11.3 Å². The van der Waals surface area contributed by atoms with Gasteiger partial charge in [-0.25, -0.2) is 4.98 Å². The molecule has 1 amide bonds. The minimum absolute atomic E-state index is 0.259. The second-order valence-electron chi connectivity index (χ2n) is 7.27. The molecule has 0 spiro atoms. The molecular weight excluding hydrogens is 402 g/mol. The van der Waals surface area contributed by atoms with Crippen molar-refractivity contribution >= 4 is 34.4 Å². The van der Waals surface area contributed by atoms with Gasteiger partial charge in [0.1, 0.15) is 0 Å². The quantitative estimate of drug-likeness (QED) is 0.405. The zero-order valence-electron chi connectivity index (χ0n) is 17.5. The van der Waals surface area contributed by atoms with E-state index in [1.807, 2.05) is 6.20 Å². The lowest BCUT2D eigenvalue weighted by atomic mass is 10.0. The van der Waals surface area contributed by atoms with E-state index in [-0.39, 0.29) is 5.91 Å². The molecule has 2 heterocycles. The highest BCUT2D eigenvalue weighted by molar-refractivity contribution is 7.15. The van der Waals surface area contributed by atoms with Crippen molar-refractivity contribution < 1.29 is 19.1 Å². The van der Waals surface area contributed by atoms with Crippen LogP contribution in [0.2, 0.25) is 0 Å². The topological polar surface area (TPSA) is 80.8 Å². The lowest BCUT2D eigenvalue weighted by Crippen LogP contribution is -2.36. The lowest BCUT2D eigenvalue weighted by Gasteiger charge is -2.32. The number of benzene rings is 1. The molecule has 0 radical (unpaired) electrons. The number of thiazole rings is 1. The van der Waals surface area contributed by atoms with Gasteiger partial charge in [-0.2, -0.15) is 0 Å². The molecule has 7 nitrogen and oxygen atoms in total. The van der Waals surface area contributed by atoms with Crippen molar-refractivity contribution in [2.75, 3.05) is 19.0 Å². The molecular formula is C22H27N3O4S. The number of aromatic nitrogens is 1. The number of hydrogen-bond donors (Lipinski definition) is 1. The molecule has 2 aromatic rings. The van der Waals surface area contributed by atoms with Crippen LogP contribution in [0, 0.1) is 0 Å². The van der Waals surface area contributed by atoms with Crippen LogP contribution in [0.3, 0.4) is 0 Å². The molecule has 3 rings (SSSR count). The van der Waals surface area contributed by atoms with Crippen LogP contribution in [0.1, 0.15) is 43.6 Å². The Balaban J connectivity index is 1.57. The number of rotatable bonds is 7. The summed E-state index contributed by atoms with van der Waals surface area (Å²) >= 11 is 1.51. The van der Waals surface area contributed by atoms with E-state index in [9.17, 15) is 9.59 Å². The summed E-state index contributed by atoms with van der Waals surface area (Å²) in [5.74, 6) is 0.0769. The number of carbonyl (C=O) groups excluding carboxylic acids is 2. The average Bonchev–Trinajstić information content (AvgIpc) is 3.15. The van der Waals surface area contributed by atoms with Crippen LogP contribution in [-0.2, 0) is 16.1 Å². The fraction of sp³-hybridized carbons (Fsp3) is 0.409. The van der Waals surface area contributed by atoms with E-state index in [0.717, 1.165) is 23.5 Å². The molecule has 1 aliphatic rings. The molecule has 1 saturated heterocycles. The summed E-state index contributed by atoms with van der Waals surface area (Å²) in [5, 5.41) is 3.40. The normalized spacial score (nSPS) is 17.1. The number of likely N-dealkylation sites (tertiary alicyclic amines) is 1. The summed E-state index contributed by atoms with van der Waals surface area (Å²) in [7, 11) is 1.49. The molecule has 1 fully saturated rings. The van der Waals surface area contributed by atoms with Gasteiger partial charge in [0.05, 0.1) is 7.11 Å². The average molecular weight is 430 g/mol. The molecule has 1 atom stereocenters. The second kappa shape index (κ2) is 10.4. The maximum Gasteiger partial charge on any atom is 0.308 e. The number of piperidine rings is 1. The highest BCUT2D eigenvalue weighted by Crippen LogP contribution is 2.29. The number of ether oxygens (including phenoxy) is 2. The van der Waals surface area contributed by atoms with Crippen molar-refractivity contribution in [1.82, 2.24) is 9.88 Å². The van der Waals surface area contributed by atoms with Crippen LogP contribution in [0.15, 0.2) is 30.5 Å². The maximum absolute atomic E-state index is 12.3. The van der Waals surface area contributed by atoms with E-state index in [1.165, 1.54) is 50.7 Å². The molecule has 0 saturated carbocycles. The Kier molecular flexibility index (Phi) is 7.59. The molecule has 1 aromatic carbocycles. The predicted octanol–water partition coefficient (Wildman–Crippen LogP) is 4.10. The Morgan fingerprint density at radius 1 is 1.33 bits per heavy atom. The van der Waals surface area contributed by atoms with Gasteiger partial charge >= 0.3 is 5.97 Å². The number of esters is 1. The molecule has 30 heavy (non-hydrogen) atoms. The number of anilines is 1. The zero-order chi connectivity index (χ0) is 21.5. The maximum atomic E-state index is 12.3. The van der Waals surface area contributed by atoms with Crippen LogP contribution in [-0.4, -0.2) is 41.5 Å². The summed E-state index contributed by atoms with van der Waals surface area (Å²) < 4.78 is 10.3. The standard InChI is InChI=1S/C22H27N3O4S/c1-15-6-4-5-11-25(15)14-18-13-23-22(30-18)24-21(27)10-8-17-7-9-19(29-16(2)26)20(12-17)28-3/h7-10,12-13,15H,4-6,11,14H2,1-3H3,(H,23,24,27)/b10-8+. The van der Waals surface area contributed by atoms with E-state index in [4.69, 9.17) is 9.47 Å². The minimum Gasteiger partial charge on any atom is -0.493 e. The van der Waals surface area contributed by atoms with Gasteiger partial charge in [0, 0.05) is 36.7 Å². The Bertz CT molecular complexity index is 925. The number of nitrogens with one attached hydrogen (secondary N) is 1. The second-order valence-corrected chi connectivity index (χ2v) is 8.39. The van der Waals surface area contributed by atoms with Crippen LogP contribution in [0.4, 0.5) is 5.13 Å². The van der Waals surface area contributed by atoms with Crippen LogP contribution >= 0.6 is 11.3 Å². The van der Waals surface area contributed by atoms with Gasteiger partial charge in [0.15, 0.2) is 16.6 Å². The number of methoxy groups -OCH3 is 1. The van der Waals surface area contributed by atoms with Crippen molar-refractivity contribution in [2.24, 2.45) is 0 Å². The van der Waals surface area contributed by atoms with E-state index in [0.29, 0.717) is 22.7 Å². The first-order chi connectivity index (χ1) is 14.4. The molecule has 0 aliphatic carbocycles. The minimum atomic E-state index is -0.423. The largest absolute Gasteiger partial charge is 0.493 e. The van der Waals surface area contributed by atoms with E-state index in [1.54, 1.807) is 24.3 Å². The highest BCUT2D eigenvalue weighted by Gasteiger charge is 2.19. The summed E-state index contributed by atoms with van der Waals surface area (Å²) in [6.45, 7) is 5.58. The van der Waals surface area contributed by atoms with Gasteiger partial charge in [-0.05, 0) is 50.1 Å². The third kappa shape index (κ3) is 6.14. The molecule has 160 valence electrons. The van der Waals surface area contributed by atoms with E-state index < -0.39 is 5.97 Å². The molecule has 8 heteroatoms. The third-order valence-electron chi connectivity index (χ3n) is 4.95. The number of nitrogens with zero attached hydrogens (tertiary/aromatic N) is 2. The van der Waals surface area contributed by atoms with Crippen molar-refractivity contribution in [2.45, 2.75) is 45.7 Å². The Hall–Kier alpha value is -2.71. The predicted molar refractivity (Wildman–Crippen MR) is 118 cm³/mol. The SMILES string of the molecule is COc1cc(/C=C/C(=O)Nc2ncc(CN3CCCCC3C)s2)ccc1OC(C)=O. The lowest BCUT2D eigenvalue weighted by molar-refractivity contribution is -0.132. The van der Waals surface area contributed by atoms with Gasteiger partial charge in [0.25, 0.3) is 0 Å². The number of carbonyl (C=O) groups is 2. The van der Waals surface area contributed by atoms with Crippen molar-refractivity contribution in [3.05, 3.63) is 40.9 Å². The fourth-order valence-corrected chi connectivity index (χ4v) is 4.22. The highest BCUT2D eigenvalue weighted by atomic mass is 32.1. The number of hydrogen-bond acceptors (Lipinski definition) is 7. The molecule has 1 aliphatic heterocycles. The van der Waals surface area contributed by atoms with Gasteiger partial charge in [-0.1, -0.05) is 12.5 Å². The van der Waals surface area contributed by atoms with E-state index >= 15 is 0 Å². The third-order valence-corrected chi connectivity index (χ3v) is 5.85. The number of amides is 1.